The smallest absolute Gasteiger partial charge is 0.160 e. The molecule has 66 heavy (non-hydrogen) atoms. The lowest BCUT2D eigenvalue weighted by Crippen LogP contribution is -2.09. The van der Waals surface area contributed by atoms with E-state index in [9.17, 15) is 0 Å². The lowest BCUT2D eigenvalue weighted by Gasteiger charge is -2.25. The Morgan fingerprint density at radius 2 is 0.879 bits per heavy atom. The summed E-state index contributed by atoms with van der Waals surface area (Å²) in [7, 11) is 0. The molecule has 4 nitrogen and oxygen atoms in total. The van der Waals surface area contributed by atoms with Crippen LogP contribution in [0, 0.1) is 27.7 Å². The van der Waals surface area contributed by atoms with E-state index < -0.39 is 0 Å². The summed E-state index contributed by atoms with van der Waals surface area (Å²) in [4.78, 5) is 12.6. The third-order valence-electron chi connectivity index (χ3n) is 12.9. The van der Waals surface area contributed by atoms with Crippen LogP contribution in [0.4, 0.5) is 17.1 Å². The summed E-state index contributed by atoms with van der Waals surface area (Å²) >= 11 is 0. The molecule has 0 fully saturated rings. The maximum absolute atomic E-state index is 5.14. The Kier molecular flexibility index (Phi) is 10.4. The molecule has 0 saturated heterocycles. The van der Waals surface area contributed by atoms with Gasteiger partial charge in [0.25, 0.3) is 0 Å². The first kappa shape index (κ1) is 40.4. The fraction of sp³-hybridized carbons (Fsp3) is 0.0645. The number of aromatic nitrogens is 3. The molecular formula is C62H48N4. The van der Waals surface area contributed by atoms with Crippen LogP contribution in [-0.2, 0) is 0 Å². The van der Waals surface area contributed by atoms with Gasteiger partial charge in [0.05, 0.1) is 22.4 Å². The van der Waals surface area contributed by atoms with E-state index in [1.807, 2.05) is 0 Å². The molecular weight excluding hydrogens is 801 g/mol. The quantitative estimate of drug-likeness (QED) is 0.145. The molecule has 0 N–H and O–H groups in total. The highest BCUT2D eigenvalue weighted by molar-refractivity contribution is 6.10. The lowest BCUT2D eigenvalue weighted by atomic mass is 9.91. The van der Waals surface area contributed by atoms with Crippen LogP contribution >= 0.6 is 0 Å². The minimum atomic E-state index is 0.738. The van der Waals surface area contributed by atoms with Gasteiger partial charge in [-0.3, -0.25) is 0 Å². The predicted molar refractivity (Wildman–Crippen MR) is 277 cm³/mol. The van der Waals surface area contributed by atoms with Crippen molar-refractivity contribution in [2.75, 3.05) is 4.90 Å². The highest BCUT2D eigenvalue weighted by Gasteiger charge is 2.19. The van der Waals surface area contributed by atoms with E-state index in [2.05, 4.69) is 256 Å². The molecule has 0 aliphatic carbocycles. The summed E-state index contributed by atoms with van der Waals surface area (Å²) in [5.41, 5.74) is 21.6. The Hall–Kier alpha value is -8.34. The van der Waals surface area contributed by atoms with Crippen LogP contribution in [0.1, 0.15) is 22.3 Å². The summed E-state index contributed by atoms with van der Waals surface area (Å²) in [5, 5.41) is 2.44. The van der Waals surface area contributed by atoms with Crippen molar-refractivity contribution in [3.63, 3.8) is 0 Å². The van der Waals surface area contributed by atoms with Crippen LogP contribution in [0.25, 0.3) is 83.6 Å². The first-order chi connectivity index (χ1) is 32.4. The number of benzene rings is 9. The SMILES string of the molecule is Cc1ccccc1-c1cc(-c2ccc(-c3c(C)cc(-c4ccc(-n5c6ccccc6c6cc(N(c7ccccc7)c7ccccc7)ccc65)cc4)cc3C)cc2)nc(-c2ccccc2C)n1. The number of hydrogen-bond acceptors (Lipinski definition) is 3. The average Bonchev–Trinajstić information content (AvgIpc) is 3.68. The van der Waals surface area contributed by atoms with Gasteiger partial charge in [0, 0.05) is 50.2 Å². The number of anilines is 3. The van der Waals surface area contributed by atoms with Gasteiger partial charge in [-0.2, -0.15) is 0 Å². The zero-order valence-electron chi connectivity index (χ0n) is 37.6. The Labute approximate surface area is 386 Å². The topological polar surface area (TPSA) is 34.0 Å². The molecule has 0 bridgehead atoms. The fourth-order valence-corrected chi connectivity index (χ4v) is 9.71. The second kappa shape index (κ2) is 17.0. The molecule has 0 atom stereocenters. The number of para-hydroxylation sites is 3. The third kappa shape index (κ3) is 7.42. The van der Waals surface area contributed by atoms with Gasteiger partial charge >= 0.3 is 0 Å². The molecule has 0 saturated carbocycles. The Morgan fingerprint density at radius 1 is 0.348 bits per heavy atom. The van der Waals surface area contributed by atoms with E-state index in [4.69, 9.17) is 9.97 Å². The zero-order chi connectivity index (χ0) is 44.7. The van der Waals surface area contributed by atoms with Crippen LogP contribution < -0.4 is 4.90 Å². The molecule has 0 amide bonds. The van der Waals surface area contributed by atoms with Crippen molar-refractivity contribution in [1.29, 1.82) is 0 Å². The molecule has 11 rings (SSSR count). The van der Waals surface area contributed by atoms with Crippen LogP contribution in [0.5, 0.6) is 0 Å². The van der Waals surface area contributed by atoms with Gasteiger partial charge in [-0.15, -0.1) is 0 Å². The van der Waals surface area contributed by atoms with E-state index in [1.54, 1.807) is 0 Å². The van der Waals surface area contributed by atoms with E-state index in [0.717, 1.165) is 62.2 Å². The van der Waals surface area contributed by atoms with Gasteiger partial charge < -0.3 is 9.47 Å². The fourth-order valence-electron chi connectivity index (χ4n) is 9.71. The highest BCUT2D eigenvalue weighted by Crippen LogP contribution is 2.41. The number of nitrogens with zero attached hydrogens (tertiary/aromatic N) is 4. The largest absolute Gasteiger partial charge is 0.310 e. The Balaban J connectivity index is 0.905. The average molecular weight is 849 g/mol. The second-order valence-electron chi connectivity index (χ2n) is 17.3. The summed E-state index contributed by atoms with van der Waals surface area (Å²) < 4.78 is 2.39. The monoisotopic (exact) mass is 848 g/mol. The maximum atomic E-state index is 5.14. The number of rotatable bonds is 9. The molecule has 0 unspecified atom stereocenters. The van der Waals surface area contributed by atoms with Crippen LogP contribution in [0.2, 0.25) is 0 Å². The molecule has 0 aliphatic heterocycles. The van der Waals surface area contributed by atoms with E-state index in [-0.39, 0.29) is 0 Å². The van der Waals surface area contributed by atoms with Crippen molar-refractivity contribution >= 4 is 38.9 Å². The molecule has 0 aliphatic rings. The van der Waals surface area contributed by atoms with Gasteiger partial charge in [0.1, 0.15) is 0 Å². The minimum absolute atomic E-state index is 0.738. The van der Waals surface area contributed by atoms with Crippen molar-refractivity contribution in [3.8, 4) is 61.8 Å². The molecule has 9 aromatic carbocycles. The number of aryl methyl sites for hydroxylation is 4. The lowest BCUT2D eigenvalue weighted by molar-refractivity contribution is 1.17. The molecule has 316 valence electrons. The molecule has 2 heterocycles. The molecule has 0 radical (unpaired) electrons. The van der Waals surface area contributed by atoms with E-state index in [0.29, 0.717) is 0 Å². The number of fused-ring (bicyclic) bond motifs is 3. The standard InChI is InChI=1S/C62H48N4/c1-41-17-11-13-23-53(41)58-40-57(63-62(64-58)54-24-14-12-18-42(54)2)46-27-29-47(30-28-46)61-43(3)37-48(38-44(61)4)45-31-33-51(34-32-45)66-59-26-16-15-25-55(59)56-39-52(35-36-60(56)66)65(49-19-7-5-8-20-49)50-21-9-6-10-22-50/h5-40H,1-4H3. The van der Waals surface area contributed by atoms with Crippen molar-refractivity contribution < 1.29 is 0 Å². The van der Waals surface area contributed by atoms with Crippen LogP contribution in [-0.4, -0.2) is 14.5 Å². The van der Waals surface area contributed by atoms with Gasteiger partial charge in [0.15, 0.2) is 5.82 Å². The first-order valence-corrected chi connectivity index (χ1v) is 22.7. The minimum Gasteiger partial charge on any atom is -0.310 e. The summed E-state index contributed by atoms with van der Waals surface area (Å²) in [5.74, 6) is 0.738. The summed E-state index contributed by atoms with van der Waals surface area (Å²) in [6.07, 6.45) is 0. The van der Waals surface area contributed by atoms with E-state index >= 15 is 0 Å². The summed E-state index contributed by atoms with van der Waals surface area (Å²) in [6.45, 7) is 8.71. The van der Waals surface area contributed by atoms with Gasteiger partial charge in [-0.1, -0.05) is 152 Å². The molecule has 0 spiro atoms. The molecule has 4 heteroatoms. The maximum Gasteiger partial charge on any atom is 0.160 e. The van der Waals surface area contributed by atoms with Crippen molar-refractivity contribution in [2.24, 2.45) is 0 Å². The van der Waals surface area contributed by atoms with Crippen molar-refractivity contribution in [2.45, 2.75) is 27.7 Å². The second-order valence-corrected chi connectivity index (χ2v) is 17.3. The first-order valence-electron chi connectivity index (χ1n) is 22.7. The zero-order valence-corrected chi connectivity index (χ0v) is 37.6. The van der Waals surface area contributed by atoms with Crippen LogP contribution in [0.3, 0.4) is 0 Å². The van der Waals surface area contributed by atoms with E-state index in [1.165, 1.54) is 60.8 Å². The van der Waals surface area contributed by atoms with Gasteiger partial charge in [-0.05, 0) is 139 Å². The van der Waals surface area contributed by atoms with Crippen molar-refractivity contribution in [3.05, 3.63) is 241 Å². The van der Waals surface area contributed by atoms with Gasteiger partial charge in [0.2, 0.25) is 0 Å². The highest BCUT2D eigenvalue weighted by atomic mass is 15.1. The van der Waals surface area contributed by atoms with Gasteiger partial charge in [-0.25, -0.2) is 9.97 Å². The summed E-state index contributed by atoms with van der Waals surface area (Å²) in [6, 6.07) is 78.2. The molecule has 2 aromatic heterocycles. The molecule has 11 aromatic rings. The third-order valence-corrected chi connectivity index (χ3v) is 12.9. The Morgan fingerprint density at radius 3 is 1.53 bits per heavy atom. The number of hydrogen-bond donors (Lipinski definition) is 0. The Bertz CT molecular complexity index is 3430. The predicted octanol–water partition coefficient (Wildman–Crippen LogP) is 16.6. The van der Waals surface area contributed by atoms with Crippen molar-refractivity contribution in [1.82, 2.24) is 14.5 Å². The van der Waals surface area contributed by atoms with Crippen LogP contribution in [0.15, 0.2) is 218 Å². The normalized spacial score (nSPS) is 11.3.